The third-order valence-corrected chi connectivity index (χ3v) is 4.22. The molecule has 0 aromatic carbocycles. The van der Waals surface area contributed by atoms with Crippen LogP contribution in [0.5, 0.6) is 0 Å². The van der Waals surface area contributed by atoms with Crippen LogP contribution in [0.15, 0.2) is 27.8 Å². The number of aromatic nitrogens is 3. The first-order valence-corrected chi connectivity index (χ1v) is 7.11. The van der Waals surface area contributed by atoms with Crippen LogP contribution in [-0.2, 0) is 10.0 Å². The molecule has 0 aliphatic carbocycles. The van der Waals surface area contributed by atoms with Crippen LogP contribution in [0.3, 0.4) is 0 Å². The highest BCUT2D eigenvalue weighted by Crippen LogP contribution is 2.24. The first-order valence-electron chi connectivity index (χ1n) is 4.84. The lowest BCUT2D eigenvalue weighted by atomic mass is 10.4. The Bertz CT molecular complexity index is 682. The maximum absolute atomic E-state index is 12.1. The van der Waals surface area contributed by atoms with Gasteiger partial charge in [0.1, 0.15) is 4.90 Å². The van der Waals surface area contributed by atoms with Gasteiger partial charge >= 0.3 is 0 Å². The normalized spacial score (nSPS) is 11.4. The van der Waals surface area contributed by atoms with E-state index >= 15 is 0 Å². The Hall–Kier alpha value is -1.61. The van der Waals surface area contributed by atoms with Crippen LogP contribution in [0.2, 0.25) is 0 Å². The predicted octanol–water partition coefficient (Wildman–Crippen LogP) is 1.26. The van der Waals surface area contributed by atoms with E-state index in [4.69, 9.17) is 5.73 Å². The first kappa shape index (κ1) is 12.8. The van der Waals surface area contributed by atoms with Crippen LogP contribution in [-0.4, -0.2) is 23.6 Å². The average molecular weight is 332 g/mol. The lowest BCUT2D eigenvalue weighted by molar-refractivity contribution is 0.600. The second kappa shape index (κ2) is 4.58. The summed E-state index contributed by atoms with van der Waals surface area (Å²) in [7, 11) is -3.71. The molecule has 7 nitrogen and oxygen atoms in total. The van der Waals surface area contributed by atoms with Gasteiger partial charge in [0.05, 0.1) is 28.2 Å². The summed E-state index contributed by atoms with van der Waals surface area (Å²) < 4.78 is 26.9. The molecule has 0 unspecified atom stereocenters. The van der Waals surface area contributed by atoms with Crippen molar-refractivity contribution in [2.45, 2.75) is 11.8 Å². The van der Waals surface area contributed by atoms with Crippen LogP contribution in [0.25, 0.3) is 0 Å². The number of sulfonamides is 1. The molecule has 0 aliphatic heterocycles. The van der Waals surface area contributed by atoms with Gasteiger partial charge in [-0.1, -0.05) is 0 Å². The minimum atomic E-state index is -3.71. The Morgan fingerprint density at radius 2 is 2.17 bits per heavy atom. The zero-order chi connectivity index (χ0) is 13.3. The van der Waals surface area contributed by atoms with E-state index in [0.29, 0.717) is 15.9 Å². The molecule has 0 atom stereocenters. The Labute approximate surface area is 112 Å². The van der Waals surface area contributed by atoms with Gasteiger partial charge < -0.3 is 5.73 Å². The summed E-state index contributed by atoms with van der Waals surface area (Å²) in [5.41, 5.74) is 6.41. The molecule has 0 saturated heterocycles. The number of hydrogen-bond donors (Lipinski definition) is 3. The molecule has 9 heteroatoms. The van der Waals surface area contributed by atoms with E-state index in [1.807, 2.05) is 0 Å². The fourth-order valence-corrected chi connectivity index (χ4v) is 3.09. The van der Waals surface area contributed by atoms with Crippen molar-refractivity contribution in [3.63, 3.8) is 0 Å². The quantitative estimate of drug-likeness (QED) is 0.783. The van der Waals surface area contributed by atoms with Crippen LogP contribution in [0.4, 0.5) is 11.5 Å². The Kier molecular flexibility index (Phi) is 3.26. The van der Waals surface area contributed by atoms with Gasteiger partial charge in [0.25, 0.3) is 10.0 Å². The summed E-state index contributed by atoms with van der Waals surface area (Å²) in [5, 5.41) is 6.23. The van der Waals surface area contributed by atoms with E-state index in [9.17, 15) is 8.42 Å². The van der Waals surface area contributed by atoms with Crippen molar-refractivity contribution in [3.05, 3.63) is 28.6 Å². The van der Waals surface area contributed by atoms with Gasteiger partial charge in [-0.15, -0.1) is 0 Å². The number of nitrogens with zero attached hydrogens (tertiary/aromatic N) is 2. The summed E-state index contributed by atoms with van der Waals surface area (Å²) in [6, 6.07) is 1.56. The van der Waals surface area contributed by atoms with Gasteiger partial charge in [0.2, 0.25) is 0 Å². The van der Waals surface area contributed by atoms with Crippen LogP contribution < -0.4 is 10.5 Å². The van der Waals surface area contributed by atoms with Crippen molar-refractivity contribution >= 4 is 37.5 Å². The number of hydrogen-bond acceptors (Lipinski definition) is 5. The van der Waals surface area contributed by atoms with Crippen molar-refractivity contribution in [2.24, 2.45) is 0 Å². The van der Waals surface area contributed by atoms with Crippen molar-refractivity contribution in [3.8, 4) is 0 Å². The molecule has 0 saturated carbocycles. The van der Waals surface area contributed by atoms with E-state index in [-0.39, 0.29) is 10.7 Å². The highest BCUT2D eigenvalue weighted by molar-refractivity contribution is 9.10. The Balaban J connectivity index is 2.37. The lowest BCUT2D eigenvalue weighted by Crippen LogP contribution is -2.14. The average Bonchev–Trinajstić information content (AvgIpc) is 2.69. The number of H-pyrrole nitrogens is 1. The van der Waals surface area contributed by atoms with Crippen LogP contribution >= 0.6 is 15.9 Å². The molecule has 0 fully saturated rings. The molecule has 0 aliphatic rings. The third kappa shape index (κ3) is 2.46. The van der Waals surface area contributed by atoms with Crippen LogP contribution in [0, 0.1) is 6.92 Å². The van der Waals surface area contributed by atoms with Gasteiger partial charge in [0.15, 0.2) is 5.82 Å². The number of halogens is 1. The number of nitrogen functional groups attached to an aromatic ring is 1. The molecule has 18 heavy (non-hydrogen) atoms. The standard InChI is InChI=1S/C9H10BrN5O2S/c1-5-8(4-13-14-5)18(16,17)15-9-7(10)2-6(11)3-12-9/h2-4H,11H2,1H3,(H,12,15)(H,13,14). The van der Waals surface area contributed by atoms with Crippen molar-refractivity contribution < 1.29 is 8.42 Å². The second-order valence-corrected chi connectivity index (χ2v) is 6.07. The molecule has 0 spiro atoms. The van der Waals surface area contributed by atoms with E-state index in [2.05, 4.69) is 35.8 Å². The summed E-state index contributed by atoms with van der Waals surface area (Å²) in [6.07, 6.45) is 2.60. The maximum Gasteiger partial charge on any atom is 0.266 e. The van der Waals surface area contributed by atoms with E-state index in [1.165, 1.54) is 12.4 Å². The van der Waals surface area contributed by atoms with Gasteiger partial charge in [-0.25, -0.2) is 13.4 Å². The molecule has 2 rings (SSSR count). The van der Waals surface area contributed by atoms with Gasteiger partial charge in [0, 0.05) is 0 Å². The van der Waals surface area contributed by atoms with Gasteiger partial charge in [-0.3, -0.25) is 9.82 Å². The Morgan fingerprint density at radius 1 is 1.44 bits per heavy atom. The number of nitrogens with one attached hydrogen (secondary N) is 2. The van der Waals surface area contributed by atoms with E-state index in [1.54, 1.807) is 13.0 Å². The molecule has 2 heterocycles. The molecule has 96 valence electrons. The highest BCUT2D eigenvalue weighted by Gasteiger charge is 2.20. The summed E-state index contributed by atoms with van der Waals surface area (Å²) in [4.78, 5) is 3.99. The van der Waals surface area contributed by atoms with Crippen LogP contribution in [0.1, 0.15) is 5.69 Å². The molecular weight excluding hydrogens is 322 g/mol. The summed E-state index contributed by atoms with van der Waals surface area (Å²) in [5.74, 6) is 0.171. The fourth-order valence-electron chi connectivity index (χ4n) is 1.32. The number of rotatable bonds is 3. The zero-order valence-electron chi connectivity index (χ0n) is 9.31. The predicted molar refractivity (Wildman–Crippen MR) is 70.5 cm³/mol. The SMILES string of the molecule is Cc1[nH]ncc1S(=O)(=O)Nc1ncc(N)cc1Br. The van der Waals surface area contributed by atoms with Crippen molar-refractivity contribution in [2.75, 3.05) is 10.5 Å². The maximum atomic E-state index is 12.1. The number of aromatic amines is 1. The van der Waals surface area contributed by atoms with Gasteiger partial charge in [-0.2, -0.15) is 5.10 Å². The molecule has 4 N–H and O–H groups in total. The first-order chi connectivity index (χ1) is 8.40. The topological polar surface area (TPSA) is 114 Å². The number of aryl methyl sites for hydroxylation is 1. The second-order valence-electron chi connectivity index (χ2n) is 3.56. The smallest absolute Gasteiger partial charge is 0.266 e. The number of nitrogens with two attached hydrogens (primary N) is 1. The summed E-state index contributed by atoms with van der Waals surface area (Å²) in [6.45, 7) is 1.62. The fraction of sp³-hybridized carbons (Fsp3) is 0.111. The van der Waals surface area contributed by atoms with Crippen molar-refractivity contribution in [1.29, 1.82) is 0 Å². The summed E-state index contributed by atoms with van der Waals surface area (Å²) >= 11 is 3.19. The van der Waals surface area contributed by atoms with Crippen molar-refractivity contribution in [1.82, 2.24) is 15.2 Å². The number of pyridine rings is 1. The third-order valence-electron chi connectivity index (χ3n) is 2.17. The van der Waals surface area contributed by atoms with Gasteiger partial charge in [-0.05, 0) is 28.9 Å². The highest BCUT2D eigenvalue weighted by atomic mass is 79.9. The molecular formula is C9H10BrN5O2S. The largest absolute Gasteiger partial charge is 0.397 e. The van der Waals surface area contributed by atoms with E-state index in [0.717, 1.165) is 0 Å². The lowest BCUT2D eigenvalue weighted by Gasteiger charge is -2.08. The minimum absolute atomic E-state index is 0.0769. The zero-order valence-corrected chi connectivity index (χ0v) is 11.7. The molecule has 0 radical (unpaired) electrons. The molecule has 0 amide bonds. The number of anilines is 2. The molecule has 2 aromatic rings. The van der Waals surface area contributed by atoms with E-state index < -0.39 is 10.0 Å². The minimum Gasteiger partial charge on any atom is -0.397 e. The molecule has 2 aromatic heterocycles. The monoisotopic (exact) mass is 331 g/mol. The Morgan fingerprint density at radius 3 is 2.72 bits per heavy atom. The molecule has 0 bridgehead atoms.